The molecule has 0 radical (unpaired) electrons. The fourth-order valence-electron chi connectivity index (χ4n) is 2.05. The summed E-state index contributed by atoms with van der Waals surface area (Å²) >= 11 is 3.46. The minimum absolute atomic E-state index is 0.00440. The summed E-state index contributed by atoms with van der Waals surface area (Å²) < 4.78 is 11.8. The van der Waals surface area contributed by atoms with E-state index in [1.54, 1.807) is 12.1 Å². The topological polar surface area (TPSA) is 120 Å². The van der Waals surface area contributed by atoms with Crippen LogP contribution in [0.25, 0.3) is 11.3 Å². The van der Waals surface area contributed by atoms with Gasteiger partial charge in [0, 0.05) is 10.0 Å². The number of benzene rings is 1. The number of halogens is 1. The molecular weight excluding hydrogens is 362 g/mol. The fraction of sp³-hybridized carbons (Fsp3) is 0.267. The molecule has 0 bridgehead atoms. The van der Waals surface area contributed by atoms with Crippen molar-refractivity contribution < 1.29 is 9.47 Å². The summed E-state index contributed by atoms with van der Waals surface area (Å²) in [4.78, 5) is 7.97. The molecule has 2 aromatic rings. The summed E-state index contributed by atoms with van der Waals surface area (Å²) in [5.74, 6) is 1.18. The minimum Gasteiger partial charge on any atom is -0.490 e. The second-order valence-electron chi connectivity index (χ2n) is 4.45. The average molecular weight is 378 g/mol. The number of ether oxygens (including phenoxy) is 2. The molecule has 0 aliphatic heterocycles. The Kier molecular flexibility index (Phi) is 5.24. The molecule has 0 saturated carbocycles. The molecule has 0 aliphatic rings. The summed E-state index contributed by atoms with van der Waals surface area (Å²) in [5, 5.41) is 9.33. The van der Waals surface area contributed by atoms with Crippen LogP contribution in [0.3, 0.4) is 0 Å². The molecule has 1 aromatic carbocycles. The quantitative estimate of drug-likeness (QED) is 0.821. The van der Waals surface area contributed by atoms with Crippen LogP contribution in [0.4, 0.5) is 11.8 Å². The van der Waals surface area contributed by atoms with Gasteiger partial charge in [0.05, 0.1) is 18.9 Å². The number of aromatic nitrogens is 2. The van der Waals surface area contributed by atoms with E-state index in [1.807, 2.05) is 19.9 Å². The van der Waals surface area contributed by atoms with E-state index < -0.39 is 0 Å². The van der Waals surface area contributed by atoms with Crippen molar-refractivity contribution in [2.75, 3.05) is 24.7 Å². The van der Waals surface area contributed by atoms with E-state index in [0.29, 0.717) is 40.4 Å². The Balaban J connectivity index is 2.69. The molecule has 0 fully saturated rings. The van der Waals surface area contributed by atoms with Gasteiger partial charge < -0.3 is 20.9 Å². The molecule has 1 heterocycles. The van der Waals surface area contributed by atoms with Gasteiger partial charge in [-0.25, -0.2) is 4.98 Å². The number of nitrogens with zero attached hydrogens (tertiary/aromatic N) is 3. The normalized spacial score (nSPS) is 10.2. The van der Waals surface area contributed by atoms with Crippen molar-refractivity contribution >= 4 is 27.7 Å². The molecule has 0 aliphatic carbocycles. The summed E-state index contributed by atoms with van der Waals surface area (Å²) in [6.45, 7) is 4.74. The zero-order valence-electron chi connectivity index (χ0n) is 12.8. The minimum atomic E-state index is -0.00440. The number of nitrogen functional groups attached to an aromatic ring is 2. The molecule has 0 atom stereocenters. The average Bonchev–Trinajstić information content (AvgIpc) is 2.49. The van der Waals surface area contributed by atoms with Crippen LogP contribution in [0.2, 0.25) is 0 Å². The van der Waals surface area contributed by atoms with Gasteiger partial charge in [0.1, 0.15) is 17.5 Å². The number of hydrogen-bond donors (Lipinski definition) is 2. The third-order valence-electron chi connectivity index (χ3n) is 2.95. The Hall–Kier alpha value is -2.53. The SMILES string of the molecule is CCOc1cc(Br)c(-c2nc(N)nc(N)c2C#N)cc1OCC. The van der Waals surface area contributed by atoms with Gasteiger partial charge in [0.25, 0.3) is 0 Å². The van der Waals surface area contributed by atoms with Gasteiger partial charge in [-0.05, 0) is 41.9 Å². The van der Waals surface area contributed by atoms with E-state index in [0.717, 1.165) is 0 Å². The fourth-order valence-corrected chi connectivity index (χ4v) is 2.56. The van der Waals surface area contributed by atoms with Crippen molar-refractivity contribution in [3.8, 4) is 28.8 Å². The molecular formula is C15H16BrN5O2. The van der Waals surface area contributed by atoms with Crippen LogP contribution in [0.5, 0.6) is 11.5 Å². The molecule has 0 unspecified atom stereocenters. The second kappa shape index (κ2) is 7.15. The number of nitriles is 1. The third-order valence-corrected chi connectivity index (χ3v) is 3.61. The maximum absolute atomic E-state index is 9.33. The second-order valence-corrected chi connectivity index (χ2v) is 5.30. The van der Waals surface area contributed by atoms with Gasteiger partial charge in [-0.15, -0.1) is 0 Å². The lowest BCUT2D eigenvalue weighted by molar-refractivity contribution is 0.287. The maximum atomic E-state index is 9.33. The predicted molar refractivity (Wildman–Crippen MR) is 91.0 cm³/mol. The van der Waals surface area contributed by atoms with Crippen LogP contribution in [0, 0.1) is 11.3 Å². The van der Waals surface area contributed by atoms with E-state index in [4.69, 9.17) is 20.9 Å². The van der Waals surface area contributed by atoms with E-state index in [-0.39, 0.29) is 17.3 Å². The lowest BCUT2D eigenvalue weighted by Crippen LogP contribution is -2.06. The number of nitrogens with two attached hydrogens (primary N) is 2. The molecule has 2 rings (SSSR count). The van der Waals surface area contributed by atoms with E-state index >= 15 is 0 Å². The van der Waals surface area contributed by atoms with Crippen molar-refractivity contribution in [1.29, 1.82) is 5.26 Å². The van der Waals surface area contributed by atoms with Crippen molar-refractivity contribution in [2.24, 2.45) is 0 Å². The largest absolute Gasteiger partial charge is 0.490 e. The lowest BCUT2D eigenvalue weighted by Gasteiger charge is -2.15. The van der Waals surface area contributed by atoms with Crippen LogP contribution < -0.4 is 20.9 Å². The van der Waals surface area contributed by atoms with Crippen LogP contribution >= 0.6 is 15.9 Å². The first-order valence-electron chi connectivity index (χ1n) is 6.94. The summed E-state index contributed by atoms with van der Waals surface area (Å²) in [7, 11) is 0. The van der Waals surface area contributed by atoms with Gasteiger partial charge >= 0.3 is 0 Å². The summed E-state index contributed by atoms with van der Waals surface area (Å²) in [6, 6.07) is 5.51. The molecule has 0 saturated heterocycles. The molecule has 8 heteroatoms. The van der Waals surface area contributed by atoms with Gasteiger partial charge in [0.15, 0.2) is 11.5 Å². The van der Waals surface area contributed by atoms with Crippen LogP contribution in [-0.2, 0) is 0 Å². The highest BCUT2D eigenvalue weighted by Crippen LogP contribution is 2.40. The first-order chi connectivity index (χ1) is 11.0. The first-order valence-corrected chi connectivity index (χ1v) is 7.73. The molecule has 7 nitrogen and oxygen atoms in total. The summed E-state index contributed by atoms with van der Waals surface area (Å²) in [6.07, 6.45) is 0. The Morgan fingerprint density at radius 2 is 1.74 bits per heavy atom. The first kappa shape index (κ1) is 16.8. The Morgan fingerprint density at radius 1 is 1.13 bits per heavy atom. The van der Waals surface area contributed by atoms with E-state index in [2.05, 4.69) is 25.9 Å². The van der Waals surface area contributed by atoms with Crippen molar-refractivity contribution in [1.82, 2.24) is 9.97 Å². The van der Waals surface area contributed by atoms with E-state index in [1.165, 1.54) is 0 Å². The highest BCUT2D eigenvalue weighted by Gasteiger charge is 2.19. The molecule has 0 spiro atoms. The molecule has 0 amide bonds. The van der Waals surface area contributed by atoms with Crippen LogP contribution in [-0.4, -0.2) is 23.2 Å². The highest BCUT2D eigenvalue weighted by atomic mass is 79.9. The van der Waals surface area contributed by atoms with Crippen LogP contribution in [0.1, 0.15) is 19.4 Å². The van der Waals surface area contributed by atoms with Crippen LogP contribution in [0.15, 0.2) is 16.6 Å². The highest BCUT2D eigenvalue weighted by molar-refractivity contribution is 9.10. The Labute approximate surface area is 142 Å². The lowest BCUT2D eigenvalue weighted by atomic mass is 10.1. The molecule has 1 aromatic heterocycles. The van der Waals surface area contributed by atoms with Crippen molar-refractivity contribution in [2.45, 2.75) is 13.8 Å². The van der Waals surface area contributed by atoms with Crippen molar-refractivity contribution in [3.63, 3.8) is 0 Å². The van der Waals surface area contributed by atoms with Gasteiger partial charge in [-0.1, -0.05) is 0 Å². The number of anilines is 2. The van der Waals surface area contributed by atoms with Gasteiger partial charge in [-0.2, -0.15) is 10.2 Å². The predicted octanol–water partition coefficient (Wildman–Crippen LogP) is 2.74. The summed E-state index contributed by atoms with van der Waals surface area (Å²) in [5.41, 5.74) is 12.6. The zero-order chi connectivity index (χ0) is 17.0. The number of rotatable bonds is 5. The molecule has 23 heavy (non-hydrogen) atoms. The molecule has 4 N–H and O–H groups in total. The number of hydrogen-bond acceptors (Lipinski definition) is 7. The third kappa shape index (κ3) is 3.46. The zero-order valence-corrected chi connectivity index (χ0v) is 14.3. The van der Waals surface area contributed by atoms with E-state index in [9.17, 15) is 5.26 Å². The Morgan fingerprint density at radius 3 is 2.30 bits per heavy atom. The molecule has 120 valence electrons. The van der Waals surface area contributed by atoms with Gasteiger partial charge in [-0.3, -0.25) is 0 Å². The van der Waals surface area contributed by atoms with Crippen molar-refractivity contribution in [3.05, 3.63) is 22.2 Å². The maximum Gasteiger partial charge on any atom is 0.222 e. The monoisotopic (exact) mass is 377 g/mol. The van der Waals surface area contributed by atoms with Gasteiger partial charge in [0.2, 0.25) is 5.95 Å². The standard InChI is InChI=1S/C15H16BrN5O2/c1-3-22-11-5-8(10(16)6-12(11)23-4-2)13-9(7-17)14(18)21-15(19)20-13/h5-6H,3-4H2,1-2H3,(H4,18,19,20,21). The Bertz CT molecular complexity index is 773. The smallest absolute Gasteiger partial charge is 0.222 e.